The zero-order chi connectivity index (χ0) is 7.94. The Hall–Kier alpha value is -0.270. The van der Waals surface area contributed by atoms with Crippen LogP contribution in [0.3, 0.4) is 0 Å². The number of halogens is 1. The van der Waals surface area contributed by atoms with Gasteiger partial charge in [-0.2, -0.15) is 0 Å². The van der Waals surface area contributed by atoms with E-state index in [1.54, 1.807) is 11.3 Å². The smallest absolute Gasteiger partial charge is 0.0258 e. The van der Waals surface area contributed by atoms with Gasteiger partial charge in [-0.25, -0.2) is 0 Å². The van der Waals surface area contributed by atoms with Gasteiger partial charge >= 0.3 is 0 Å². The molecule has 60 valence electrons. The van der Waals surface area contributed by atoms with Crippen LogP contribution in [-0.4, -0.2) is 5.88 Å². The molecule has 0 unspecified atom stereocenters. The highest BCUT2D eigenvalue weighted by atomic mass is 35.5. The molecule has 0 aliphatic rings. The van der Waals surface area contributed by atoms with Crippen molar-refractivity contribution in [3.63, 3.8) is 0 Å². The Morgan fingerprint density at radius 2 is 2.36 bits per heavy atom. The van der Waals surface area contributed by atoms with Crippen molar-refractivity contribution in [1.82, 2.24) is 0 Å². The van der Waals surface area contributed by atoms with Crippen LogP contribution in [0, 0.1) is 0 Å². The molecule has 11 heavy (non-hydrogen) atoms. The standard InChI is InChI=1S/C9H11ClS/c10-7-3-1-2-5-9-6-4-8-11-9/h1-2,4,6,8H,3,5,7H2. The quantitative estimate of drug-likeness (QED) is 0.499. The minimum atomic E-state index is 0.723. The molecule has 0 saturated heterocycles. The molecule has 0 N–H and O–H groups in total. The number of hydrogen-bond acceptors (Lipinski definition) is 1. The van der Waals surface area contributed by atoms with E-state index in [1.807, 2.05) is 0 Å². The highest BCUT2D eigenvalue weighted by molar-refractivity contribution is 7.09. The van der Waals surface area contributed by atoms with Crippen molar-refractivity contribution in [2.75, 3.05) is 5.88 Å². The summed E-state index contributed by atoms with van der Waals surface area (Å²) in [5.41, 5.74) is 0. The Morgan fingerprint density at radius 3 is 3.00 bits per heavy atom. The molecule has 1 heterocycles. The van der Waals surface area contributed by atoms with E-state index in [-0.39, 0.29) is 0 Å². The van der Waals surface area contributed by atoms with Gasteiger partial charge in [0.25, 0.3) is 0 Å². The Balaban J connectivity index is 2.23. The molecule has 0 saturated carbocycles. The fourth-order valence-corrected chi connectivity index (χ4v) is 1.62. The first-order chi connectivity index (χ1) is 5.43. The molecule has 0 spiro atoms. The maximum atomic E-state index is 5.51. The second-order valence-corrected chi connectivity index (χ2v) is 3.64. The molecule has 1 aromatic heterocycles. The second kappa shape index (κ2) is 5.39. The highest BCUT2D eigenvalue weighted by Gasteiger charge is 1.86. The molecule has 2 heteroatoms. The van der Waals surface area contributed by atoms with Crippen molar-refractivity contribution in [2.45, 2.75) is 12.8 Å². The van der Waals surface area contributed by atoms with Crippen molar-refractivity contribution >= 4 is 22.9 Å². The largest absolute Gasteiger partial charge is 0.149 e. The van der Waals surface area contributed by atoms with E-state index in [4.69, 9.17) is 11.6 Å². The lowest BCUT2D eigenvalue weighted by atomic mass is 10.3. The van der Waals surface area contributed by atoms with E-state index in [0.29, 0.717) is 0 Å². The third-order valence-electron chi connectivity index (χ3n) is 1.34. The van der Waals surface area contributed by atoms with Gasteiger partial charge in [0.05, 0.1) is 0 Å². The molecule has 0 aromatic carbocycles. The summed E-state index contributed by atoms with van der Waals surface area (Å²) >= 11 is 7.31. The molecule has 0 atom stereocenters. The molecule has 0 fully saturated rings. The summed E-state index contributed by atoms with van der Waals surface area (Å²) < 4.78 is 0. The molecule has 0 radical (unpaired) electrons. The number of thiophene rings is 1. The predicted octanol–water partition coefficient (Wildman–Crippen LogP) is 3.48. The normalized spacial score (nSPS) is 11.0. The number of alkyl halides is 1. The first-order valence-electron chi connectivity index (χ1n) is 3.67. The van der Waals surface area contributed by atoms with Gasteiger partial charge in [0.2, 0.25) is 0 Å². The van der Waals surface area contributed by atoms with Crippen LogP contribution in [-0.2, 0) is 6.42 Å². The lowest BCUT2D eigenvalue weighted by molar-refractivity contribution is 1.20. The van der Waals surface area contributed by atoms with Crippen molar-refractivity contribution in [3.8, 4) is 0 Å². The van der Waals surface area contributed by atoms with Crippen LogP contribution >= 0.6 is 22.9 Å². The molecular formula is C9H11ClS. The summed E-state index contributed by atoms with van der Waals surface area (Å²) in [6.07, 6.45) is 6.34. The van der Waals surface area contributed by atoms with Crippen LogP contribution in [0.25, 0.3) is 0 Å². The minimum absolute atomic E-state index is 0.723. The first kappa shape index (κ1) is 8.82. The Labute approximate surface area is 76.5 Å². The van der Waals surface area contributed by atoms with Gasteiger partial charge < -0.3 is 0 Å². The van der Waals surface area contributed by atoms with E-state index in [0.717, 1.165) is 18.7 Å². The minimum Gasteiger partial charge on any atom is -0.149 e. The third-order valence-corrected chi connectivity index (χ3v) is 2.46. The topological polar surface area (TPSA) is 0 Å². The molecular weight excluding hydrogens is 176 g/mol. The Bertz CT molecular complexity index is 201. The summed E-state index contributed by atoms with van der Waals surface area (Å²) in [6.45, 7) is 0. The van der Waals surface area contributed by atoms with Gasteiger partial charge in [-0.05, 0) is 24.3 Å². The zero-order valence-corrected chi connectivity index (χ0v) is 7.87. The number of rotatable bonds is 4. The lowest BCUT2D eigenvalue weighted by Crippen LogP contribution is -1.72. The summed E-state index contributed by atoms with van der Waals surface area (Å²) in [5, 5.41) is 2.10. The molecule has 1 aromatic rings. The van der Waals surface area contributed by atoms with Gasteiger partial charge in [-0.15, -0.1) is 22.9 Å². The van der Waals surface area contributed by atoms with Crippen LogP contribution in [0.4, 0.5) is 0 Å². The molecule has 1 rings (SSSR count). The molecule has 0 nitrogen and oxygen atoms in total. The first-order valence-corrected chi connectivity index (χ1v) is 5.08. The summed E-state index contributed by atoms with van der Waals surface area (Å²) in [4.78, 5) is 1.41. The van der Waals surface area contributed by atoms with Crippen molar-refractivity contribution in [3.05, 3.63) is 34.5 Å². The van der Waals surface area contributed by atoms with Crippen LogP contribution in [0.15, 0.2) is 29.7 Å². The lowest BCUT2D eigenvalue weighted by Gasteiger charge is -1.86. The number of hydrogen-bond donors (Lipinski definition) is 0. The van der Waals surface area contributed by atoms with E-state index in [9.17, 15) is 0 Å². The summed E-state index contributed by atoms with van der Waals surface area (Å²) in [5.74, 6) is 0.723. The van der Waals surface area contributed by atoms with Crippen LogP contribution in [0.5, 0.6) is 0 Å². The molecule has 0 aliphatic carbocycles. The van der Waals surface area contributed by atoms with E-state index < -0.39 is 0 Å². The second-order valence-electron chi connectivity index (χ2n) is 2.23. The monoisotopic (exact) mass is 186 g/mol. The highest BCUT2D eigenvalue weighted by Crippen LogP contribution is 2.09. The fraction of sp³-hybridized carbons (Fsp3) is 0.333. The van der Waals surface area contributed by atoms with Gasteiger partial charge in [0, 0.05) is 10.8 Å². The van der Waals surface area contributed by atoms with Crippen molar-refractivity contribution in [2.24, 2.45) is 0 Å². The van der Waals surface area contributed by atoms with Gasteiger partial charge in [0.1, 0.15) is 0 Å². The zero-order valence-electron chi connectivity index (χ0n) is 6.29. The van der Waals surface area contributed by atoms with Crippen LogP contribution < -0.4 is 0 Å². The van der Waals surface area contributed by atoms with Gasteiger partial charge in [-0.3, -0.25) is 0 Å². The predicted molar refractivity (Wildman–Crippen MR) is 52.5 cm³/mol. The average Bonchev–Trinajstić information content (AvgIpc) is 2.50. The molecule has 0 amide bonds. The van der Waals surface area contributed by atoms with Gasteiger partial charge in [0.15, 0.2) is 0 Å². The maximum Gasteiger partial charge on any atom is 0.0258 e. The fourth-order valence-electron chi connectivity index (χ4n) is 0.809. The van der Waals surface area contributed by atoms with E-state index in [2.05, 4.69) is 29.7 Å². The molecule has 0 aliphatic heterocycles. The van der Waals surface area contributed by atoms with Crippen LogP contribution in [0.2, 0.25) is 0 Å². The van der Waals surface area contributed by atoms with E-state index in [1.165, 1.54) is 4.88 Å². The van der Waals surface area contributed by atoms with Gasteiger partial charge in [-0.1, -0.05) is 18.2 Å². The molecule has 0 bridgehead atoms. The number of allylic oxidation sites excluding steroid dienone is 2. The Morgan fingerprint density at radius 1 is 1.45 bits per heavy atom. The average molecular weight is 187 g/mol. The maximum absolute atomic E-state index is 5.51. The third kappa shape index (κ3) is 3.59. The summed E-state index contributed by atoms with van der Waals surface area (Å²) in [6, 6.07) is 4.23. The van der Waals surface area contributed by atoms with E-state index >= 15 is 0 Å². The van der Waals surface area contributed by atoms with Crippen molar-refractivity contribution < 1.29 is 0 Å². The summed E-state index contributed by atoms with van der Waals surface area (Å²) in [7, 11) is 0. The van der Waals surface area contributed by atoms with Crippen LogP contribution in [0.1, 0.15) is 11.3 Å². The Kier molecular flexibility index (Phi) is 4.32. The SMILES string of the molecule is ClCCC=CCc1cccs1. The van der Waals surface area contributed by atoms with Crippen molar-refractivity contribution in [1.29, 1.82) is 0 Å².